The summed E-state index contributed by atoms with van der Waals surface area (Å²) in [6.45, 7) is 8.94. The summed E-state index contributed by atoms with van der Waals surface area (Å²) in [5, 5.41) is 3.01. The highest BCUT2D eigenvalue weighted by Gasteiger charge is 2.08. The summed E-state index contributed by atoms with van der Waals surface area (Å²) >= 11 is 0. The summed E-state index contributed by atoms with van der Waals surface area (Å²) in [6.07, 6.45) is 1.82. The molecule has 0 spiro atoms. The second-order valence-electron chi connectivity index (χ2n) is 4.44. The van der Waals surface area contributed by atoms with Crippen molar-refractivity contribution in [3.05, 3.63) is 21.6 Å². The highest BCUT2D eigenvalue weighted by molar-refractivity contribution is 5.29. The zero-order valence-electron chi connectivity index (χ0n) is 10.6. The standard InChI is InChI=1S/C12H21N3O/c1-5-13-12-14-9(4)10(11(16)15-12)7-6-8(2)3/h8H,5-7H2,1-4H3,(H2,13,14,15,16). The van der Waals surface area contributed by atoms with Gasteiger partial charge in [0.2, 0.25) is 5.95 Å². The largest absolute Gasteiger partial charge is 0.356 e. The topological polar surface area (TPSA) is 57.8 Å². The van der Waals surface area contributed by atoms with Crippen LogP contribution in [0.15, 0.2) is 4.79 Å². The molecule has 2 N–H and O–H groups in total. The van der Waals surface area contributed by atoms with Crippen molar-refractivity contribution in [2.24, 2.45) is 5.92 Å². The minimum absolute atomic E-state index is 0.0101. The Morgan fingerprint density at radius 1 is 1.44 bits per heavy atom. The third kappa shape index (κ3) is 3.36. The molecule has 1 heterocycles. The molecule has 0 aromatic carbocycles. The van der Waals surface area contributed by atoms with Gasteiger partial charge in [-0.3, -0.25) is 9.78 Å². The lowest BCUT2D eigenvalue weighted by molar-refractivity contribution is 0.582. The van der Waals surface area contributed by atoms with Gasteiger partial charge in [-0.15, -0.1) is 0 Å². The molecule has 0 saturated carbocycles. The second-order valence-corrected chi connectivity index (χ2v) is 4.44. The van der Waals surface area contributed by atoms with Crippen LogP contribution in [-0.4, -0.2) is 16.5 Å². The summed E-state index contributed by atoms with van der Waals surface area (Å²) in [4.78, 5) is 18.9. The first-order chi connectivity index (χ1) is 7.54. The van der Waals surface area contributed by atoms with Crippen LogP contribution < -0.4 is 10.9 Å². The maximum atomic E-state index is 11.8. The highest BCUT2D eigenvalue weighted by Crippen LogP contribution is 2.09. The number of aromatic amines is 1. The molecule has 0 aliphatic rings. The van der Waals surface area contributed by atoms with Crippen LogP contribution in [0.3, 0.4) is 0 Å². The monoisotopic (exact) mass is 223 g/mol. The molecule has 4 nitrogen and oxygen atoms in total. The van der Waals surface area contributed by atoms with E-state index in [0.717, 1.165) is 30.6 Å². The van der Waals surface area contributed by atoms with Crippen LogP contribution in [0.4, 0.5) is 5.95 Å². The fourth-order valence-electron chi connectivity index (χ4n) is 1.59. The third-order valence-electron chi connectivity index (χ3n) is 2.54. The van der Waals surface area contributed by atoms with Crippen LogP contribution in [0.2, 0.25) is 0 Å². The summed E-state index contributed by atoms with van der Waals surface area (Å²) in [6, 6.07) is 0. The van der Waals surface area contributed by atoms with Crippen molar-refractivity contribution in [1.82, 2.24) is 9.97 Å². The number of hydrogen-bond donors (Lipinski definition) is 2. The van der Waals surface area contributed by atoms with Gasteiger partial charge in [0, 0.05) is 17.8 Å². The van der Waals surface area contributed by atoms with Crippen molar-refractivity contribution >= 4 is 5.95 Å². The van der Waals surface area contributed by atoms with E-state index in [1.807, 2.05) is 13.8 Å². The third-order valence-corrected chi connectivity index (χ3v) is 2.54. The Morgan fingerprint density at radius 3 is 2.62 bits per heavy atom. The van der Waals surface area contributed by atoms with Gasteiger partial charge in [-0.05, 0) is 32.6 Å². The van der Waals surface area contributed by atoms with E-state index in [0.29, 0.717) is 11.9 Å². The van der Waals surface area contributed by atoms with Gasteiger partial charge in [0.1, 0.15) is 0 Å². The number of aromatic nitrogens is 2. The van der Waals surface area contributed by atoms with Crippen LogP contribution in [0.5, 0.6) is 0 Å². The lowest BCUT2D eigenvalue weighted by Gasteiger charge is -2.08. The number of H-pyrrole nitrogens is 1. The van der Waals surface area contributed by atoms with Crippen molar-refractivity contribution in [3.63, 3.8) is 0 Å². The van der Waals surface area contributed by atoms with Gasteiger partial charge < -0.3 is 5.32 Å². The Morgan fingerprint density at radius 2 is 2.12 bits per heavy atom. The van der Waals surface area contributed by atoms with Gasteiger partial charge >= 0.3 is 0 Å². The van der Waals surface area contributed by atoms with E-state index in [-0.39, 0.29) is 5.56 Å². The zero-order chi connectivity index (χ0) is 12.1. The normalized spacial score (nSPS) is 10.8. The van der Waals surface area contributed by atoms with Gasteiger partial charge in [-0.1, -0.05) is 13.8 Å². The minimum atomic E-state index is -0.0101. The van der Waals surface area contributed by atoms with Crippen LogP contribution in [0.1, 0.15) is 38.4 Å². The number of hydrogen-bond acceptors (Lipinski definition) is 3. The van der Waals surface area contributed by atoms with E-state index in [1.165, 1.54) is 0 Å². The van der Waals surface area contributed by atoms with Crippen molar-refractivity contribution in [1.29, 1.82) is 0 Å². The van der Waals surface area contributed by atoms with E-state index >= 15 is 0 Å². The number of rotatable bonds is 5. The van der Waals surface area contributed by atoms with Gasteiger partial charge in [0.25, 0.3) is 5.56 Å². The molecule has 0 aliphatic carbocycles. The second kappa shape index (κ2) is 5.68. The molecule has 0 amide bonds. The first kappa shape index (κ1) is 12.7. The average molecular weight is 223 g/mol. The average Bonchev–Trinajstić information content (AvgIpc) is 2.16. The zero-order valence-corrected chi connectivity index (χ0v) is 10.6. The smallest absolute Gasteiger partial charge is 0.255 e. The molecule has 4 heteroatoms. The Labute approximate surface area is 96.5 Å². The number of anilines is 1. The lowest BCUT2D eigenvalue weighted by atomic mass is 10.0. The van der Waals surface area contributed by atoms with E-state index in [2.05, 4.69) is 29.1 Å². The van der Waals surface area contributed by atoms with E-state index in [4.69, 9.17) is 0 Å². The first-order valence-corrected chi connectivity index (χ1v) is 5.88. The molecule has 0 radical (unpaired) electrons. The summed E-state index contributed by atoms with van der Waals surface area (Å²) in [7, 11) is 0. The Kier molecular flexibility index (Phi) is 4.52. The van der Waals surface area contributed by atoms with E-state index in [9.17, 15) is 4.79 Å². The van der Waals surface area contributed by atoms with Crippen LogP contribution in [0, 0.1) is 12.8 Å². The molecule has 0 unspecified atom stereocenters. The SMILES string of the molecule is CCNc1nc(C)c(CCC(C)C)c(=O)[nH]1. The molecule has 0 saturated heterocycles. The van der Waals surface area contributed by atoms with E-state index in [1.54, 1.807) is 0 Å². The van der Waals surface area contributed by atoms with E-state index < -0.39 is 0 Å². The van der Waals surface area contributed by atoms with Gasteiger partial charge in [-0.25, -0.2) is 4.98 Å². The Balaban J connectivity index is 2.90. The summed E-state index contributed by atoms with van der Waals surface area (Å²) in [5.41, 5.74) is 1.64. The summed E-state index contributed by atoms with van der Waals surface area (Å²) < 4.78 is 0. The highest BCUT2D eigenvalue weighted by atomic mass is 16.1. The summed E-state index contributed by atoms with van der Waals surface area (Å²) in [5.74, 6) is 1.17. The van der Waals surface area contributed by atoms with Gasteiger partial charge in [0.05, 0.1) is 0 Å². The quantitative estimate of drug-likeness (QED) is 0.803. The Bertz CT molecular complexity index is 396. The van der Waals surface area contributed by atoms with Gasteiger partial charge in [-0.2, -0.15) is 0 Å². The molecular formula is C12H21N3O. The fourth-order valence-corrected chi connectivity index (χ4v) is 1.59. The predicted molar refractivity (Wildman–Crippen MR) is 66.9 cm³/mol. The Hall–Kier alpha value is -1.32. The molecule has 1 aromatic rings. The van der Waals surface area contributed by atoms with Crippen molar-refractivity contribution in [3.8, 4) is 0 Å². The van der Waals surface area contributed by atoms with Crippen molar-refractivity contribution in [2.45, 2.75) is 40.5 Å². The van der Waals surface area contributed by atoms with Crippen molar-refractivity contribution in [2.75, 3.05) is 11.9 Å². The number of nitrogens with one attached hydrogen (secondary N) is 2. The number of nitrogens with zero attached hydrogens (tertiary/aromatic N) is 1. The molecule has 0 bridgehead atoms. The molecule has 0 atom stereocenters. The minimum Gasteiger partial charge on any atom is -0.356 e. The molecule has 0 aliphatic heterocycles. The predicted octanol–water partition coefficient (Wildman–Crippen LogP) is 2.10. The van der Waals surface area contributed by atoms with Crippen molar-refractivity contribution < 1.29 is 0 Å². The fraction of sp³-hybridized carbons (Fsp3) is 0.667. The first-order valence-electron chi connectivity index (χ1n) is 5.88. The maximum Gasteiger partial charge on any atom is 0.255 e. The molecule has 1 aromatic heterocycles. The molecule has 0 fully saturated rings. The molecule has 16 heavy (non-hydrogen) atoms. The van der Waals surface area contributed by atoms with Crippen LogP contribution in [-0.2, 0) is 6.42 Å². The molecule has 1 rings (SSSR count). The molecule has 90 valence electrons. The lowest BCUT2D eigenvalue weighted by Crippen LogP contribution is -2.19. The van der Waals surface area contributed by atoms with Crippen LogP contribution >= 0.6 is 0 Å². The molecular weight excluding hydrogens is 202 g/mol. The maximum absolute atomic E-state index is 11.8. The number of aryl methyl sites for hydroxylation is 1. The van der Waals surface area contributed by atoms with Crippen LogP contribution in [0.25, 0.3) is 0 Å². The van der Waals surface area contributed by atoms with Gasteiger partial charge in [0.15, 0.2) is 0 Å².